The maximum absolute atomic E-state index is 13.6. The van der Waals surface area contributed by atoms with E-state index in [0.717, 1.165) is 6.42 Å². The topological polar surface area (TPSA) is 58.6 Å². The molecular weight excluding hydrogens is 263 g/mol. The lowest BCUT2D eigenvalue weighted by Crippen LogP contribution is -2.38. The minimum atomic E-state index is -0.494. The van der Waals surface area contributed by atoms with Crippen molar-refractivity contribution < 1.29 is 18.7 Å². The van der Waals surface area contributed by atoms with E-state index < -0.39 is 5.82 Å². The highest BCUT2D eigenvalue weighted by molar-refractivity contribution is 5.86. The summed E-state index contributed by atoms with van der Waals surface area (Å²) in [6, 6.07) is 4.43. The Bertz CT molecular complexity index is 519. The fourth-order valence-corrected chi connectivity index (χ4v) is 2.13. The third-order valence-electron chi connectivity index (χ3n) is 3.19. The van der Waals surface area contributed by atoms with Gasteiger partial charge in [0.25, 0.3) is 0 Å². The van der Waals surface area contributed by atoms with Crippen LogP contribution in [0.3, 0.4) is 0 Å². The zero-order valence-corrected chi connectivity index (χ0v) is 11.3. The Kier molecular flexibility index (Phi) is 4.55. The average Bonchev–Trinajstić information content (AvgIpc) is 2.64. The molecule has 1 aliphatic rings. The molecule has 0 aromatic heterocycles. The maximum Gasteiger partial charge on any atom is 0.239 e. The van der Waals surface area contributed by atoms with E-state index >= 15 is 0 Å². The van der Waals surface area contributed by atoms with Gasteiger partial charge in [0.2, 0.25) is 11.8 Å². The molecule has 0 atom stereocenters. The number of hydrogen-bond acceptors (Lipinski definition) is 3. The molecule has 2 rings (SSSR count). The number of nitrogens with zero attached hydrogens (tertiary/aromatic N) is 1. The quantitative estimate of drug-likeness (QED) is 0.888. The van der Waals surface area contributed by atoms with Gasteiger partial charge >= 0.3 is 0 Å². The average molecular weight is 280 g/mol. The summed E-state index contributed by atoms with van der Waals surface area (Å²) < 4.78 is 18.4. The van der Waals surface area contributed by atoms with E-state index in [-0.39, 0.29) is 30.5 Å². The number of nitrogens with one attached hydrogen (secondary N) is 1. The van der Waals surface area contributed by atoms with Crippen LogP contribution in [0.2, 0.25) is 0 Å². The van der Waals surface area contributed by atoms with Crippen LogP contribution in [0.5, 0.6) is 5.75 Å². The number of hydrogen-bond donors (Lipinski definition) is 1. The summed E-state index contributed by atoms with van der Waals surface area (Å²) in [4.78, 5) is 25.0. The molecule has 0 bridgehead atoms. The third kappa shape index (κ3) is 3.46. The molecule has 20 heavy (non-hydrogen) atoms. The molecule has 1 fully saturated rings. The van der Waals surface area contributed by atoms with Crippen LogP contribution in [0.25, 0.3) is 0 Å². The monoisotopic (exact) mass is 280 g/mol. The summed E-state index contributed by atoms with van der Waals surface area (Å²) in [6.45, 7) is 1.19. The summed E-state index contributed by atoms with van der Waals surface area (Å²) >= 11 is 0. The minimum Gasteiger partial charge on any atom is -0.494 e. The first-order valence-corrected chi connectivity index (χ1v) is 6.47. The van der Waals surface area contributed by atoms with Crippen LogP contribution in [0.1, 0.15) is 12.0 Å². The first-order valence-electron chi connectivity index (χ1n) is 6.47. The van der Waals surface area contributed by atoms with Gasteiger partial charge in [0, 0.05) is 13.1 Å². The SMILES string of the molecule is COc1ccc(CC(=O)N2CCCNC(=O)C2)cc1F. The maximum atomic E-state index is 13.6. The molecule has 0 spiro atoms. The van der Waals surface area contributed by atoms with Gasteiger partial charge in [0.1, 0.15) is 0 Å². The van der Waals surface area contributed by atoms with Crippen molar-refractivity contribution in [2.75, 3.05) is 26.7 Å². The molecular formula is C14H17FN2O3. The lowest BCUT2D eigenvalue weighted by molar-refractivity contribution is -0.134. The fourth-order valence-electron chi connectivity index (χ4n) is 2.13. The fraction of sp³-hybridized carbons (Fsp3) is 0.429. The number of benzene rings is 1. The standard InChI is InChI=1S/C14H17FN2O3/c1-20-12-4-3-10(7-11(12)15)8-14(19)17-6-2-5-16-13(18)9-17/h3-4,7H,2,5-6,8-9H2,1H3,(H,16,18). The molecule has 1 aromatic carbocycles. The Morgan fingerprint density at radius 3 is 3.00 bits per heavy atom. The second kappa shape index (κ2) is 6.36. The second-order valence-corrected chi connectivity index (χ2v) is 4.66. The smallest absolute Gasteiger partial charge is 0.239 e. The van der Waals surface area contributed by atoms with E-state index in [1.54, 1.807) is 6.07 Å². The Balaban J connectivity index is 2.03. The van der Waals surface area contributed by atoms with Crippen molar-refractivity contribution >= 4 is 11.8 Å². The molecule has 1 heterocycles. The third-order valence-corrected chi connectivity index (χ3v) is 3.19. The van der Waals surface area contributed by atoms with E-state index in [1.807, 2.05) is 0 Å². The van der Waals surface area contributed by atoms with E-state index in [4.69, 9.17) is 4.74 Å². The molecule has 0 radical (unpaired) electrons. The van der Waals surface area contributed by atoms with Crippen molar-refractivity contribution in [3.05, 3.63) is 29.6 Å². The number of carbonyl (C=O) groups is 2. The molecule has 0 unspecified atom stereocenters. The van der Waals surface area contributed by atoms with Gasteiger partial charge in [-0.05, 0) is 24.1 Å². The Labute approximate surface area is 116 Å². The van der Waals surface area contributed by atoms with Crippen molar-refractivity contribution in [1.29, 1.82) is 0 Å². The number of methoxy groups -OCH3 is 1. The van der Waals surface area contributed by atoms with Crippen LogP contribution in [-0.4, -0.2) is 43.5 Å². The minimum absolute atomic E-state index is 0.0669. The molecule has 108 valence electrons. The number of halogens is 1. The highest BCUT2D eigenvalue weighted by Crippen LogP contribution is 2.18. The van der Waals surface area contributed by atoms with Crippen molar-refractivity contribution in [3.8, 4) is 5.75 Å². The highest BCUT2D eigenvalue weighted by Gasteiger charge is 2.20. The first-order chi connectivity index (χ1) is 9.60. The van der Waals surface area contributed by atoms with Gasteiger partial charge < -0.3 is 15.0 Å². The molecule has 0 aliphatic carbocycles. The van der Waals surface area contributed by atoms with Crippen LogP contribution >= 0.6 is 0 Å². The van der Waals surface area contributed by atoms with Crippen LogP contribution in [0, 0.1) is 5.82 Å². The predicted octanol–water partition coefficient (Wildman–Crippen LogP) is 0.725. The van der Waals surface area contributed by atoms with Crippen LogP contribution in [-0.2, 0) is 16.0 Å². The second-order valence-electron chi connectivity index (χ2n) is 4.66. The van der Waals surface area contributed by atoms with Crippen LogP contribution < -0.4 is 10.1 Å². The largest absolute Gasteiger partial charge is 0.494 e. The van der Waals surface area contributed by atoms with Crippen molar-refractivity contribution in [2.24, 2.45) is 0 Å². The molecule has 2 amide bonds. The van der Waals surface area contributed by atoms with Crippen LogP contribution in [0.4, 0.5) is 4.39 Å². The summed E-state index contributed by atoms with van der Waals surface area (Å²) in [5, 5.41) is 2.71. The van der Waals surface area contributed by atoms with Gasteiger partial charge in [0.05, 0.1) is 20.1 Å². The van der Waals surface area contributed by atoms with Gasteiger partial charge in [0.15, 0.2) is 11.6 Å². The van der Waals surface area contributed by atoms with E-state index in [9.17, 15) is 14.0 Å². The van der Waals surface area contributed by atoms with Crippen molar-refractivity contribution in [3.63, 3.8) is 0 Å². The normalized spacial score (nSPS) is 15.5. The summed E-state index contributed by atoms with van der Waals surface area (Å²) in [5.74, 6) is -0.676. The Morgan fingerprint density at radius 1 is 1.50 bits per heavy atom. The lowest BCUT2D eigenvalue weighted by Gasteiger charge is -2.19. The Morgan fingerprint density at radius 2 is 2.30 bits per heavy atom. The van der Waals surface area contributed by atoms with Gasteiger partial charge in [-0.1, -0.05) is 6.07 Å². The molecule has 5 nitrogen and oxygen atoms in total. The molecule has 6 heteroatoms. The number of carbonyl (C=O) groups excluding carboxylic acids is 2. The predicted molar refractivity (Wildman–Crippen MR) is 70.9 cm³/mol. The van der Waals surface area contributed by atoms with Gasteiger partial charge in [-0.25, -0.2) is 4.39 Å². The molecule has 1 N–H and O–H groups in total. The molecule has 1 aliphatic heterocycles. The summed E-state index contributed by atoms with van der Waals surface area (Å²) in [5.41, 5.74) is 0.568. The van der Waals surface area contributed by atoms with E-state index in [0.29, 0.717) is 18.7 Å². The lowest BCUT2D eigenvalue weighted by atomic mass is 10.1. The van der Waals surface area contributed by atoms with E-state index in [1.165, 1.54) is 24.1 Å². The Hall–Kier alpha value is -2.11. The summed E-state index contributed by atoms with van der Waals surface area (Å²) in [7, 11) is 1.39. The zero-order valence-electron chi connectivity index (χ0n) is 11.3. The first kappa shape index (κ1) is 14.3. The number of ether oxygens (including phenoxy) is 1. The highest BCUT2D eigenvalue weighted by atomic mass is 19.1. The van der Waals surface area contributed by atoms with Gasteiger partial charge in [-0.15, -0.1) is 0 Å². The summed E-state index contributed by atoms with van der Waals surface area (Å²) in [6.07, 6.45) is 0.808. The van der Waals surface area contributed by atoms with Crippen molar-refractivity contribution in [1.82, 2.24) is 10.2 Å². The number of amides is 2. The molecule has 1 aromatic rings. The molecule has 1 saturated heterocycles. The van der Waals surface area contributed by atoms with Crippen molar-refractivity contribution in [2.45, 2.75) is 12.8 Å². The van der Waals surface area contributed by atoms with Crippen LogP contribution in [0.15, 0.2) is 18.2 Å². The van der Waals surface area contributed by atoms with Gasteiger partial charge in [-0.2, -0.15) is 0 Å². The number of rotatable bonds is 3. The zero-order chi connectivity index (χ0) is 14.5. The van der Waals surface area contributed by atoms with Gasteiger partial charge in [-0.3, -0.25) is 9.59 Å². The van der Waals surface area contributed by atoms with E-state index in [2.05, 4.69) is 5.32 Å². The molecule has 0 saturated carbocycles.